The Balaban J connectivity index is 1.55. The fourth-order valence-corrected chi connectivity index (χ4v) is 5.81. The number of ether oxygens (including phenoxy) is 1. The van der Waals surface area contributed by atoms with Gasteiger partial charge in [-0.1, -0.05) is 51.1 Å². The maximum absolute atomic E-state index is 12.9. The molecule has 154 valence electrons. The molecule has 2 aliphatic carbocycles. The topological polar surface area (TPSA) is 55.4 Å². The van der Waals surface area contributed by atoms with Crippen molar-refractivity contribution in [3.8, 4) is 0 Å². The summed E-state index contributed by atoms with van der Waals surface area (Å²) in [6, 6.07) is 10.2. The first-order valence-electron chi connectivity index (χ1n) is 10.4. The van der Waals surface area contributed by atoms with Gasteiger partial charge in [0.25, 0.3) is 0 Å². The second kappa shape index (κ2) is 7.60. The third kappa shape index (κ3) is 3.97. The molecule has 1 heterocycles. The van der Waals surface area contributed by atoms with Gasteiger partial charge in [0.05, 0.1) is 12.7 Å². The average Bonchev–Trinajstić information content (AvgIpc) is 3.42. The first-order chi connectivity index (χ1) is 13.8. The van der Waals surface area contributed by atoms with Crippen LogP contribution >= 0.6 is 11.3 Å². The summed E-state index contributed by atoms with van der Waals surface area (Å²) in [5, 5.41) is 3.74. The molecule has 0 spiro atoms. The Morgan fingerprint density at radius 1 is 1.17 bits per heavy atom. The number of rotatable bonds is 4. The van der Waals surface area contributed by atoms with Crippen LogP contribution in [0, 0.1) is 17.3 Å². The van der Waals surface area contributed by atoms with Crippen molar-refractivity contribution in [3.05, 3.63) is 51.9 Å². The van der Waals surface area contributed by atoms with Crippen molar-refractivity contribution in [1.29, 1.82) is 0 Å². The Kier molecular flexibility index (Phi) is 5.28. The van der Waals surface area contributed by atoms with Crippen LogP contribution < -0.4 is 5.32 Å². The van der Waals surface area contributed by atoms with Gasteiger partial charge in [0.15, 0.2) is 0 Å². The highest BCUT2D eigenvalue weighted by Crippen LogP contribution is 2.49. The van der Waals surface area contributed by atoms with Gasteiger partial charge in [-0.25, -0.2) is 4.79 Å². The van der Waals surface area contributed by atoms with Crippen LogP contribution in [0.3, 0.4) is 0 Å². The number of hydrogen-bond donors (Lipinski definition) is 1. The quantitative estimate of drug-likeness (QED) is 0.683. The van der Waals surface area contributed by atoms with Gasteiger partial charge >= 0.3 is 5.97 Å². The van der Waals surface area contributed by atoms with E-state index in [1.165, 1.54) is 17.6 Å². The third-order valence-electron chi connectivity index (χ3n) is 6.47. The Morgan fingerprint density at radius 2 is 1.90 bits per heavy atom. The van der Waals surface area contributed by atoms with E-state index in [1.807, 2.05) is 18.2 Å². The van der Waals surface area contributed by atoms with E-state index in [9.17, 15) is 9.59 Å². The van der Waals surface area contributed by atoms with E-state index in [4.69, 9.17) is 4.74 Å². The zero-order chi connectivity index (χ0) is 20.8. The summed E-state index contributed by atoms with van der Waals surface area (Å²) < 4.78 is 5.06. The van der Waals surface area contributed by atoms with E-state index in [2.05, 4.69) is 38.2 Å². The summed E-state index contributed by atoms with van der Waals surface area (Å²) in [5.74, 6) is 0.493. The fraction of sp³-hybridized carbons (Fsp3) is 0.500. The van der Waals surface area contributed by atoms with Crippen LogP contribution in [-0.4, -0.2) is 19.0 Å². The molecule has 4 rings (SSSR count). The minimum absolute atomic E-state index is 0.00924. The van der Waals surface area contributed by atoms with Gasteiger partial charge in [0.2, 0.25) is 5.91 Å². The van der Waals surface area contributed by atoms with E-state index in [-0.39, 0.29) is 29.1 Å². The largest absolute Gasteiger partial charge is 0.465 e. The highest BCUT2D eigenvalue weighted by atomic mass is 32.1. The van der Waals surface area contributed by atoms with Gasteiger partial charge in [-0.3, -0.25) is 4.79 Å². The van der Waals surface area contributed by atoms with Crippen molar-refractivity contribution in [2.24, 2.45) is 17.3 Å². The maximum Gasteiger partial charge on any atom is 0.341 e. The summed E-state index contributed by atoms with van der Waals surface area (Å²) in [6.45, 7) is 6.82. The number of fused-ring (bicyclic) bond motifs is 1. The lowest BCUT2D eigenvalue weighted by atomic mass is 9.72. The SMILES string of the molecule is COC(=O)c1c(NC(=O)C2CC2c2ccccc2)sc2c1CCC(C(C)(C)C)C2. The lowest BCUT2D eigenvalue weighted by Crippen LogP contribution is -2.26. The number of carbonyl (C=O) groups is 2. The average molecular weight is 412 g/mol. The zero-order valence-electron chi connectivity index (χ0n) is 17.6. The number of carbonyl (C=O) groups excluding carboxylic acids is 2. The zero-order valence-corrected chi connectivity index (χ0v) is 18.4. The molecule has 5 heteroatoms. The Bertz CT molecular complexity index is 926. The molecule has 0 saturated heterocycles. The van der Waals surface area contributed by atoms with Gasteiger partial charge in [-0.2, -0.15) is 0 Å². The second-order valence-electron chi connectivity index (χ2n) is 9.35. The molecule has 3 unspecified atom stereocenters. The van der Waals surface area contributed by atoms with Crippen molar-refractivity contribution in [2.45, 2.75) is 52.4 Å². The van der Waals surface area contributed by atoms with Gasteiger partial charge in [-0.05, 0) is 54.1 Å². The molecule has 1 N–H and O–H groups in total. The molecule has 1 fully saturated rings. The van der Waals surface area contributed by atoms with Gasteiger partial charge < -0.3 is 10.1 Å². The number of methoxy groups -OCH3 is 1. The van der Waals surface area contributed by atoms with Crippen LogP contribution in [0.15, 0.2) is 30.3 Å². The number of anilines is 1. The fourth-order valence-electron chi connectivity index (χ4n) is 4.49. The molecule has 0 radical (unpaired) electrons. The monoisotopic (exact) mass is 411 g/mol. The van der Waals surface area contributed by atoms with Gasteiger partial charge in [-0.15, -0.1) is 11.3 Å². The highest BCUT2D eigenvalue weighted by Gasteiger charge is 2.44. The normalized spacial score (nSPS) is 23.2. The third-order valence-corrected chi connectivity index (χ3v) is 7.64. The first-order valence-corrected chi connectivity index (χ1v) is 11.2. The van der Waals surface area contributed by atoms with E-state index in [0.29, 0.717) is 16.5 Å². The van der Waals surface area contributed by atoms with Crippen molar-refractivity contribution in [1.82, 2.24) is 0 Å². The Hall–Kier alpha value is -2.14. The van der Waals surface area contributed by atoms with Crippen molar-refractivity contribution in [3.63, 3.8) is 0 Å². The van der Waals surface area contributed by atoms with Crippen LogP contribution in [0.1, 0.15) is 65.9 Å². The van der Waals surface area contributed by atoms with Crippen LogP contribution in [-0.2, 0) is 22.4 Å². The number of esters is 1. The molecule has 1 aromatic heterocycles. The predicted molar refractivity (Wildman–Crippen MR) is 117 cm³/mol. The standard InChI is InChI=1S/C24H29NO3S/c1-24(2,3)15-10-11-16-19(12-15)29-22(20(16)23(27)28-4)25-21(26)18-13-17(18)14-8-6-5-7-9-14/h5-9,15,17-18H,10-13H2,1-4H3,(H,25,26). The second-order valence-corrected chi connectivity index (χ2v) is 10.5. The molecule has 2 aromatic rings. The van der Waals surface area contributed by atoms with E-state index < -0.39 is 0 Å². The number of hydrogen-bond acceptors (Lipinski definition) is 4. The van der Waals surface area contributed by atoms with Crippen molar-refractivity contribution < 1.29 is 14.3 Å². The molecule has 1 saturated carbocycles. The molecule has 1 aromatic carbocycles. The first kappa shape index (κ1) is 20.1. The Labute approximate surface area is 176 Å². The molecular weight excluding hydrogens is 382 g/mol. The van der Waals surface area contributed by atoms with E-state index in [1.54, 1.807) is 11.3 Å². The van der Waals surface area contributed by atoms with Crippen LogP contribution in [0.5, 0.6) is 0 Å². The molecular formula is C24H29NO3S. The summed E-state index contributed by atoms with van der Waals surface area (Å²) in [6.07, 6.45) is 3.74. The van der Waals surface area contributed by atoms with Gasteiger partial charge in [0, 0.05) is 10.8 Å². The summed E-state index contributed by atoms with van der Waals surface area (Å²) >= 11 is 1.56. The van der Waals surface area contributed by atoms with Gasteiger partial charge in [0.1, 0.15) is 5.00 Å². The van der Waals surface area contributed by atoms with Crippen LogP contribution in [0.4, 0.5) is 5.00 Å². The van der Waals surface area contributed by atoms with E-state index >= 15 is 0 Å². The number of nitrogens with one attached hydrogen (secondary N) is 1. The number of amides is 1. The minimum Gasteiger partial charge on any atom is -0.465 e. The molecule has 0 bridgehead atoms. The summed E-state index contributed by atoms with van der Waals surface area (Å²) in [4.78, 5) is 26.7. The molecule has 2 aliphatic rings. The number of benzene rings is 1. The smallest absolute Gasteiger partial charge is 0.341 e. The van der Waals surface area contributed by atoms with Crippen LogP contribution in [0.2, 0.25) is 0 Å². The molecule has 1 amide bonds. The van der Waals surface area contributed by atoms with Crippen LogP contribution in [0.25, 0.3) is 0 Å². The summed E-state index contributed by atoms with van der Waals surface area (Å²) in [5.41, 5.74) is 3.09. The lowest BCUT2D eigenvalue weighted by Gasteiger charge is -2.33. The van der Waals surface area contributed by atoms with Crippen molar-refractivity contribution >= 4 is 28.2 Å². The number of thiophene rings is 1. The molecule has 4 nitrogen and oxygen atoms in total. The molecule has 3 atom stereocenters. The summed E-state index contributed by atoms with van der Waals surface area (Å²) in [7, 11) is 1.41. The predicted octanol–water partition coefficient (Wildman–Crippen LogP) is 5.43. The Morgan fingerprint density at radius 3 is 2.55 bits per heavy atom. The minimum atomic E-state index is -0.345. The lowest BCUT2D eigenvalue weighted by molar-refractivity contribution is -0.117. The highest BCUT2D eigenvalue weighted by molar-refractivity contribution is 7.17. The molecule has 29 heavy (non-hydrogen) atoms. The maximum atomic E-state index is 12.9. The molecule has 0 aliphatic heterocycles. The van der Waals surface area contributed by atoms with E-state index in [0.717, 1.165) is 31.2 Å². The van der Waals surface area contributed by atoms with Crippen molar-refractivity contribution in [2.75, 3.05) is 12.4 Å².